The molecule has 0 spiro atoms. The zero-order valence-electron chi connectivity index (χ0n) is 10.9. The van der Waals surface area contributed by atoms with E-state index in [2.05, 4.69) is 26.2 Å². The van der Waals surface area contributed by atoms with E-state index in [-0.39, 0.29) is 11.8 Å². The van der Waals surface area contributed by atoms with E-state index in [0.29, 0.717) is 5.92 Å². The highest BCUT2D eigenvalue weighted by Crippen LogP contribution is 2.48. The number of carbonyl (C=O) groups is 1. The zero-order chi connectivity index (χ0) is 13.7. The van der Waals surface area contributed by atoms with Crippen LogP contribution in [0.25, 0.3) is 10.2 Å². The summed E-state index contributed by atoms with van der Waals surface area (Å²) in [5.41, 5.74) is 0.946. The first-order valence-corrected chi connectivity index (χ1v) is 8.67. The molecule has 0 unspecified atom stereocenters. The van der Waals surface area contributed by atoms with E-state index in [0.717, 1.165) is 32.2 Å². The predicted octanol–water partition coefficient (Wildman–Crippen LogP) is 4.43. The number of halogens is 1. The first kappa shape index (κ1) is 12.8. The molecule has 1 N–H and O–H groups in total. The highest BCUT2D eigenvalue weighted by atomic mass is 79.9. The van der Waals surface area contributed by atoms with Gasteiger partial charge in [0.15, 0.2) is 5.13 Å². The number of rotatable bonds is 2. The fourth-order valence-electron chi connectivity index (χ4n) is 3.72. The Hall–Kier alpha value is -0.940. The molecule has 1 heterocycles. The van der Waals surface area contributed by atoms with Crippen molar-refractivity contribution in [3.05, 3.63) is 22.7 Å². The maximum atomic E-state index is 12.4. The van der Waals surface area contributed by atoms with Crippen LogP contribution in [0.5, 0.6) is 0 Å². The van der Waals surface area contributed by atoms with Crippen molar-refractivity contribution in [2.45, 2.75) is 25.7 Å². The largest absolute Gasteiger partial charge is 0.302 e. The molecule has 0 saturated heterocycles. The van der Waals surface area contributed by atoms with Gasteiger partial charge in [-0.25, -0.2) is 4.98 Å². The quantitative estimate of drug-likeness (QED) is 0.870. The number of aromatic nitrogens is 1. The van der Waals surface area contributed by atoms with E-state index in [9.17, 15) is 4.79 Å². The summed E-state index contributed by atoms with van der Waals surface area (Å²) in [4.78, 5) is 16.9. The Morgan fingerprint density at radius 3 is 3.00 bits per heavy atom. The van der Waals surface area contributed by atoms with E-state index in [4.69, 9.17) is 0 Å². The van der Waals surface area contributed by atoms with Gasteiger partial charge in [0, 0.05) is 10.4 Å². The third kappa shape index (κ3) is 2.17. The van der Waals surface area contributed by atoms with Crippen LogP contribution >= 0.6 is 27.3 Å². The molecule has 2 fully saturated rings. The van der Waals surface area contributed by atoms with E-state index < -0.39 is 0 Å². The summed E-state index contributed by atoms with van der Waals surface area (Å²) in [6.45, 7) is 0. The molecule has 2 bridgehead atoms. The van der Waals surface area contributed by atoms with Crippen LogP contribution in [-0.4, -0.2) is 10.9 Å². The minimum atomic E-state index is 0.176. The number of hydrogen-bond acceptors (Lipinski definition) is 3. The van der Waals surface area contributed by atoms with Gasteiger partial charge in [0.05, 0.1) is 10.2 Å². The van der Waals surface area contributed by atoms with Crippen molar-refractivity contribution in [3.63, 3.8) is 0 Å². The number of hydrogen-bond donors (Lipinski definition) is 1. The standard InChI is InChI=1S/C15H15BrN2OS/c16-10-3-4-12-13(7-10)20-15(17-12)18-14(19)11-6-8-1-2-9(11)5-8/h3-4,7-9,11H,1-2,5-6H2,(H,17,18,19)/t8-,9+,11-/m0/s1. The van der Waals surface area contributed by atoms with E-state index >= 15 is 0 Å². The van der Waals surface area contributed by atoms with Crippen LogP contribution in [0, 0.1) is 17.8 Å². The molecule has 3 nitrogen and oxygen atoms in total. The minimum Gasteiger partial charge on any atom is -0.302 e. The molecular formula is C15H15BrN2OS. The third-order valence-corrected chi connectivity index (χ3v) is 6.08. The summed E-state index contributed by atoms with van der Waals surface area (Å²) >= 11 is 5.01. The van der Waals surface area contributed by atoms with Gasteiger partial charge in [-0.1, -0.05) is 33.7 Å². The number of benzene rings is 1. The summed E-state index contributed by atoms with van der Waals surface area (Å²) in [5.74, 6) is 1.80. The summed E-state index contributed by atoms with van der Waals surface area (Å²) in [6.07, 6.45) is 4.89. The molecule has 1 amide bonds. The molecule has 2 aliphatic carbocycles. The molecular weight excluding hydrogens is 336 g/mol. The molecule has 5 heteroatoms. The lowest BCUT2D eigenvalue weighted by Crippen LogP contribution is -2.27. The zero-order valence-corrected chi connectivity index (χ0v) is 13.3. The minimum absolute atomic E-state index is 0.176. The Morgan fingerprint density at radius 2 is 2.25 bits per heavy atom. The Bertz CT molecular complexity index is 684. The average molecular weight is 351 g/mol. The van der Waals surface area contributed by atoms with Crippen LogP contribution in [-0.2, 0) is 4.79 Å². The lowest BCUT2D eigenvalue weighted by Gasteiger charge is -2.19. The Kier molecular flexibility index (Phi) is 3.07. The van der Waals surface area contributed by atoms with Gasteiger partial charge in [-0.15, -0.1) is 0 Å². The van der Waals surface area contributed by atoms with Crippen molar-refractivity contribution in [2.24, 2.45) is 17.8 Å². The molecule has 3 atom stereocenters. The van der Waals surface area contributed by atoms with Gasteiger partial charge in [-0.05, 0) is 49.3 Å². The number of carbonyl (C=O) groups excluding carboxylic acids is 1. The third-order valence-electron chi connectivity index (χ3n) is 4.66. The summed E-state index contributed by atoms with van der Waals surface area (Å²) < 4.78 is 2.14. The summed E-state index contributed by atoms with van der Waals surface area (Å²) in [7, 11) is 0. The molecule has 2 aliphatic rings. The number of thiazole rings is 1. The maximum absolute atomic E-state index is 12.4. The van der Waals surface area contributed by atoms with Crippen molar-refractivity contribution in [2.75, 3.05) is 5.32 Å². The lowest BCUT2D eigenvalue weighted by atomic mass is 9.88. The molecule has 4 rings (SSSR count). The van der Waals surface area contributed by atoms with Crippen LogP contribution < -0.4 is 5.32 Å². The van der Waals surface area contributed by atoms with Gasteiger partial charge in [0.2, 0.25) is 5.91 Å². The number of anilines is 1. The molecule has 0 radical (unpaired) electrons. The Balaban J connectivity index is 1.53. The van der Waals surface area contributed by atoms with Gasteiger partial charge in [0.1, 0.15) is 0 Å². The molecule has 0 aliphatic heterocycles. The normalized spacial score (nSPS) is 28.1. The first-order chi connectivity index (χ1) is 9.69. The number of nitrogens with zero attached hydrogens (tertiary/aromatic N) is 1. The van der Waals surface area contributed by atoms with Crippen LogP contribution in [0.3, 0.4) is 0 Å². The fraction of sp³-hybridized carbons (Fsp3) is 0.467. The van der Waals surface area contributed by atoms with Crippen LogP contribution in [0.2, 0.25) is 0 Å². The fourth-order valence-corrected chi connectivity index (χ4v) is 5.14. The van der Waals surface area contributed by atoms with Crippen molar-refractivity contribution in [1.29, 1.82) is 0 Å². The van der Waals surface area contributed by atoms with Gasteiger partial charge < -0.3 is 5.32 Å². The Morgan fingerprint density at radius 1 is 1.35 bits per heavy atom. The van der Waals surface area contributed by atoms with Crippen LogP contribution in [0.4, 0.5) is 5.13 Å². The SMILES string of the molecule is O=C(Nc1nc2ccc(Br)cc2s1)[C@H]1C[C@H]2CC[C@@H]1C2. The van der Waals surface area contributed by atoms with Crippen molar-refractivity contribution in [1.82, 2.24) is 4.98 Å². The first-order valence-electron chi connectivity index (χ1n) is 7.06. The Labute approximate surface area is 129 Å². The highest BCUT2D eigenvalue weighted by Gasteiger charge is 2.43. The topological polar surface area (TPSA) is 42.0 Å². The van der Waals surface area contributed by atoms with Gasteiger partial charge in [-0.3, -0.25) is 4.79 Å². The van der Waals surface area contributed by atoms with Crippen LogP contribution in [0.1, 0.15) is 25.7 Å². The second kappa shape index (κ2) is 4.81. The molecule has 1 aromatic carbocycles. The van der Waals surface area contributed by atoms with Gasteiger partial charge >= 0.3 is 0 Å². The van der Waals surface area contributed by atoms with Gasteiger partial charge in [-0.2, -0.15) is 0 Å². The van der Waals surface area contributed by atoms with Crippen molar-refractivity contribution in [3.8, 4) is 0 Å². The highest BCUT2D eigenvalue weighted by molar-refractivity contribution is 9.10. The van der Waals surface area contributed by atoms with E-state index in [1.54, 1.807) is 11.3 Å². The molecule has 2 aromatic rings. The number of fused-ring (bicyclic) bond motifs is 3. The molecule has 20 heavy (non-hydrogen) atoms. The number of nitrogens with one attached hydrogen (secondary N) is 1. The number of amides is 1. The summed E-state index contributed by atoms with van der Waals surface area (Å²) in [6, 6.07) is 5.99. The van der Waals surface area contributed by atoms with Crippen molar-refractivity contribution < 1.29 is 4.79 Å². The summed E-state index contributed by atoms with van der Waals surface area (Å²) in [5, 5.41) is 3.76. The smallest absolute Gasteiger partial charge is 0.229 e. The molecule has 2 saturated carbocycles. The maximum Gasteiger partial charge on any atom is 0.229 e. The van der Waals surface area contributed by atoms with E-state index in [1.165, 1.54) is 19.3 Å². The molecule has 1 aromatic heterocycles. The average Bonchev–Trinajstić information content (AvgIpc) is 3.11. The van der Waals surface area contributed by atoms with Crippen LogP contribution in [0.15, 0.2) is 22.7 Å². The lowest BCUT2D eigenvalue weighted by molar-refractivity contribution is -0.121. The second-order valence-corrected chi connectivity index (χ2v) is 7.85. The predicted molar refractivity (Wildman–Crippen MR) is 84.9 cm³/mol. The van der Waals surface area contributed by atoms with Crippen molar-refractivity contribution >= 4 is 48.5 Å². The second-order valence-electron chi connectivity index (χ2n) is 5.90. The monoisotopic (exact) mass is 350 g/mol. The van der Waals surface area contributed by atoms with Gasteiger partial charge in [0.25, 0.3) is 0 Å². The van der Waals surface area contributed by atoms with E-state index in [1.807, 2.05) is 18.2 Å². The molecule has 104 valence electrons.